The molecule has 0 radical (unpaired) electrons. The predicted octanol–water partition coefficient (Wildman–Crippen LogP) is 4.83. The molecule has 0 bridgehead atoms. The summed E-state index contributed by atoms with van der Waals surface area (Å²) in [6, 6.07) is 16.3. The summed E-state index contributed by atoms with van der Waals surface area (Å²) in [7, 11) is 0. The Kier molecular flexibility index (Phi) is 4.05. The highest BCUT2D eigenvalue weighted by molar-refractivity contribution is 6.31. The van der Waals surface area contributed by atoms with Gasteiger partial charge in [0, 0.05) is 22.8 Å². The van der Waals surface area contributed by atoms with E-state index in [1.54, 1.807) is 0 Å². The molecule has 0 aromatic heterocycles. The standard InChI is InChI=1S/C15H16ClN/c1-2-10-17-15-11-13(16)8-9-14(15)12-6-4-3-5-7-12/h3-9,11,17H,2,10H2,1H3. The molecule has 0 heterocycles. The molecule has 0 unspecified atom stereocenters. The molecule has 2 rings (SSSR count). The van der Waals surface area contributed by atoms with Gasteiger partial charge in [0.25, 0.3) is 0 Å². The van der Waals surface area contributed by atoms with Gasteiger partial charge in [0.2, 0.25) is 0 Å². The molecule has 1 nitrogen and oxygen atoms in total. The fourth-order valence-electron chi connectivity index (χ4n) is 1.79. The summed E-state index contributed by atoms with van der Waals surface area (Å²) in [6.45, 7) is 3.11. The van der Waals surface area contributed by atoms with Gasteiger partial charge in [-0.1, -0.05) is 54.9 Å². The van der Waals surface area contributed by atoms with Gasteiger partial charge < -0.3 is 5.32 Å². The van der Waals surface area contributed by atoms with Crippen LogP contribution in [0.1, 0.15) is 13.3 Å². The number of anilines is 1. The third-order valence-electron chi connectivity index (χ3n) is 2.63. The van der Waals surface area contributed by atoms with Crippen molar-refractivity contribution in [1.82, 2.24) is 0 Å². The van der Waals surface area contributed by atoms with E-state index in [1.165, 1.54) is 11.1 Å². The average molecular weight is 246 g/mol. The third kappa shape index (κ3) is 3.01. The Bertz CT molecular complexity index is 480. The molecular weight excluding hydrogens is 230 g/mol. The number of hydrogen-bond donors (Lipinski definition) is 1. The molecule has 0 atom stereocenters. The molecule has 17 heavy (non-hydrogen) atoms. The Labute approximate surface area is 107 Å². The maximum absolute atomic E-state index is 6.04. The number of hydrogen-bond acceptors (Lipinski definition) is 1. The highest BCUT2D eigenvalue weighted by Gasteiger charge is 2.04. The van der Waals surface area contributed by atoms with Crippen molar-refractivity contribution >= 4 is 17.3 Å². The van der Waals surface area contributed by atoms with Gasteiger partial charge in [-0.05, 0) is 24.1 Å². The monoisotopic (exact) mass is 245 g/mol. The van der Waals surface area contributed by atoms with Gasteiger partial charge in [0.05, 0.1) is 0 Å². The first-order valence-corrected chi connectivity index (χ1v) is 6.28. The van der Waals surface area contributed by atoms with Crippen molar-refractivity contribution in [1.29, 1.82) is 0 Å². The summed E-state index contributed by atoms with van der Waals surface area (Å²) >= 11 is 6.04. The normalized spacial score (nSPS) is 10.2. The summed E-state index contributed by atoms with van der Waals surface area (Å²) in [5, 5.41) is 4.18. The quantitative estimate of drug-likeness (QED) is 0.814. The van der Waals surface area contributed by atoms with Crippen LogP contribution in [0.3, 0.4) is 0 Å². The summed E-state index contributed by atoms with van der Waals surface area (Å²) in [6.07, 6.45) is 1.10. The van der Waals surface area contributed by atoms with E-state index in [0.717, 1.165) is 23.7 Å². The van der Waals surface area contributed by atoms with Crippen molar-refractivity contribution in [3.8, 4) is 11.1 Å². The zero-order valence-corrected chi connectivity index (χ0v) is 10.7. The summed E-state index contributed by atoms with van der Waals surface area (Å²) in [4.78, 5) is 0. The van der Waals surface area contributed by atoms with E-state index in [-0.39, 0.29) is 0 Å². The van der Waals surface area contributed by atoms with Gasteiger partial charge in [-0.2, -0.15) is 0 Å². The molecule has 88 valence electrons. The average Bonchev–Trinajstić information content (AvgIpc) is 2.37. The van der Waals surface area contributed by atoms with Gasteiger partial charge >= 0.3 is 0 Å². The zero-order chi connectivity index (χ0) is 12.1. The van der Waals surface area contributed by atoms with Crippen LogP contribution in [0.25, 0.3) is 11.1 Å². The molecule has 0 aliphatic rings. The van der Waals surface area contributed by atoms with E-state index in [2.05, 4.69) is 30.4 Å². The minimum absolute atomic E-state index is 0.767. The van der Waals surface area contributed by atoms with Crippen LogP contribution in [0.5, 0.6) is 0 Å². The molecule has 0 saturated carbocycles. The fourth-order valence-corrected chi connectivity index (χ4v) is 1.96. The smallest absolute Gasteiger partial charge is 0.0434 e. The number of benzene rings is 2. The summed E-state index contributed by atoms with van der Waals surface area (Å²) in [5.74, 6) is 0. The Morgan fingerprint density at radius 2 is 1.82 bits per heavy atom. The van der Waals surface area contributed by atoms with Crippen LogP contribution >= 0.6 is 11.6 Å². The van der Waals surface area contributed by atoms with Crippen molar-refractivity contribution in [2.75, 3.05) is 11.9 Å². The first-order valence-electron chi connectivity index (χ1n) is 5.90. The largest absolute Gasteiger partial charge is 0.385 e. The topological polar surface area (TPSA) is 12.0 Å². The highest BCUT2D eigenvalue weighted by Crippen LogP contribution is 2.30. The van der Waals surface area contributed by atoms with E-state index in [9.17, 15) is 0 Å². The van der Waals surface area contributed by atoms with Crippen LogP contribution in [0.4, 0.5) is 5.69 Å². The van der Waals surface area contributed by atoms with Crippen LogP contribution in [0.15, 0.2) is 48.5 Å². The second-order valence-corrected chi connectivity index (χ2v) is 4.42. The maximum Gasteiger partial charge on any atom is 0.0434 e. The van der Waals surface area contributed by atoms with E-state index in [4.69, 9.17) is 11.6 Å². The van der Waals surface area contributed by atoms with Crippen molar-refractivity contribution in [3.05, 3.63) is 53.6 Å². The molecule has 2 aromatic rings. The molecule has 0 aliphatic heterocycles. The lowest BCUT2D eigenvalue weighted by Crippen LogP contribution is -2.01. The van der Waals surface area contributed by atoms with Gasteiger partial charge in [0.15, 0.2) is 0 Å². The Hall–Kier alpha value is -1.47. The minimum Gasteiger partial charge on any atom is -0.385 e. The second kappa shape index (κ2) is 5.74. The molecule has 2 heteroatoms. The molecule has 0 saturated heterocycles. The minimum atomic E-state index is 0.767. The lowest BCUT2D eigenvalue weighted by Gasteiger charge is -2.12. The number of halogens is 1. The number of nitrogens with one attached hydrogen (secondary N) is 1. The predicted molar refractivity (Wildman–Crippen MR) is 75.7 cm³/mol. The van der Waals surface area contributed by atoms with Gasteiger partial charge in [0.1, 0.15) is 0 Å². The van der Waals surface area contributed by atoms with E-state index < -0.39 is 0 Å². The van der Waals surface area contributed by atoms with Crippen molar-refractivity contribution in [3.63, 3.8) is 0 Å². The highest BCUT2D eigenvalue weighted by atomic mass is 35.5. The van der Waals surface area contributed by atoms with E-state index in [1.807, 2.05) is 30.3 Å². The SMILES string of the molecule is CCCNc1cc(Cl)ccc1-c1ccccc1. The van der Waals surface area contributed by atoms with E-state index in [0.29, 0.717) is 0 Å². The van der Waals surface area contributed by atoms with Crippen LogP contribution in [-0.2, 0) is 0 Å². The number of rotatable bonds is 4. The molecule has 0 aliphatic carbocycles. The van der Waals surface area contributed by atoms with Crippen LogP contribution in [-0.4, -0.2) is 6.54 Å². The molecule has 0 amide bonds. The first kappa shape index (κ1) is 12.0. The first-order chi connectivity index (χ1) is 8.31. The molecule has 0 spiro atoms. The van der Waals surface area contributed by atoms with Crippen LogP contribution < -0.4 is 5.32 Å². The third-order valence-corrected chi connectivity index (χ3v) is 2.87. The van der Waals surface area contributed by atoms with Crippen molar-refractivity contribution < 1.29 is 0 Å². The fraction of sp³-hybridized carbons (Fsp3) is 0.200. The van der Waals surface area contributed by atoms with Crippen LogP contribution in [0, 0.1) is 0 Å². The van der Waals surface area contributed by atoms with E-state index >= 15 is 0 Å². The van der Waals surface area contributed by atoms with Crippen molar-refractivity contribution in [2.24, 2.45) is 0 Å². The van der Waals surface area contributed by atoms with Gasteiger partial charge in [-0.15, -0.1) is 0 Å². The summed E-state index contributed by atoms with van der Waals surface area (Å²) < 4.78 is 0. The van der Waals surface area contributed by atoms with Crippen LogP contribution in [0.2, 0.25) is 5.02 Å². The summed E-state index contributed by atoms with van der Waals surface area (Å²) in [5.41, 5.74) is 3.51. The van der Waals surface area contributed by atoms with Crippen molar-refractivity contribution in [2.45, 2.75) is 13.3 Å². The molecule has 2 aromatic carbocycles. The Balaban J connectivity index is 2.39. The second-order valence-electron chi connectivity index (χ2n) is 3.98. The van der Waals surface area contributed by atoms with Gasteiger partial charge in [-0.25, -0.2) is 0 Å². The molecular formula is C15H16ClN. The lowest BCUT2D eigenvalue weighted by atomic mass is 10.0. The zero-order valence-electron chi connectivity index (χ0n) is 9.91. The molecule has 1 N–H and O–H groups in total. The maximum atomic E-state index is 6.04. The molecule has 0 fully saturated rings. The Morgan fingerprint density at radius 1 is 1.06 bits per heavy atom. The Morgan fingerprint density at radius 3 is 2.53 bits per heavy atom. The van der Waals surface area contributed by atoms with Gasteiger partial charge in [-0.3, -0.25) is 0 Å². The lowest BCUT2D eigenvalue weighted by molar-refractivity contribution is 0.980.